The molecule has 1 heterocycles. The highest BCUT2D eigenvalue weighted by atomic mass is 16.3. The third kappa shape index (κ3) is 4.60. The molecule has 0 bridgehead atoms. The summed E-state index contributed by atoms with van der Waals surface area (Å²) >= 11 is 0. The number of nitrogens with zero attached hydrogens (tertiary/aromatic N) is 1. The number of likely N-dealkylation sites (tertiary alicyclic amines) is 1. The minimum Gasteiger partial charge on any atom is -0.508 e. The van der Waals surface area contributed by atoms with E-state index in [0.29, 0.717) is 11.5 Å². The number of phenols is 1. The number of aromatic hydroxyl groups is 1. The van der Waals surface area contributed by atoms with E-state index in [2.05, 4.69) is 23.2 Å². The van der Waals surface area contributed by atoms with E-state index in [1.54, 1.807) is 12.1 Å². The molecule has 2 aromatic carbocycles. The molecule has 25 heavy (non-hydrogen) atoms. The Morgan fingerprint density at radius 1 is 1.08 bits per heavy atom. The molecule has 1 saturated heterocycles. The van der Waals surface area contributed by atoms with Crippen molar-refractivity contribution in [1.82, 2.24) is 4.90 Å². The number of carbonyl (C=O) groups excluding carboxylic acids is 1. The highest BCUT2D eigenvalue weighted by Gasteiger charge is 2.18. The number of benzene rings is 2. The number of anilines is 1. The van der Waals surface area contributed by atoms with Crippen LogP contribution in [0.25, 0.3) is 0 Å². The first-order chi connectivity index (χ1) is 12.1. The topological polar surface area (TPSA) is 52.6 Å². The van der Waals surface area contributed by atoms with Gasteiger partial charge in [-0.2, -0.15) is 0 Å². The number of para-hydroxylation sites is 1. The second kappa shape index (κ2) is 8.17. The molecule has 4 nitrogen and oxygen atoms in total. The van der Waals surface area contributed by atoms with Gasteiger partial charge in [0, 0.05) is 17.8 Å². The number of rotatable bonds is 5. The Morgan fingerprint density at radius 2 is 1.76 bits per heavy atom. The van der Waals surface area contributed by atoms with Gasteiger partial charge < -0.3 is 15.3 Å². The number of amides is 1. The molecule has 0 saturated carbocycles. The van der Waals surface area contributed by atoms with Crippen LogP contribution in [0.2, 0.25) is 0 Å². The summed E-state index contributed by atoms with van der Waals surface area (Å²) in [5, 5.41) is 12.4. The monoisotopic (exact) mass is 338 g/mol. The molecule has 132 valence electrons. The molecule has 1 atom stereocenters. The number of phenolic OH excluding ortho intramolecular Hbond substituents is 1. The van der Waals surface area contributed by atoms with Crippen LogP contribution in [0.4, 0.5) is 5.69 Å². The first-order valence-corrected chi connectivity index (χ1v) is 9.05. The maximum absolute atomic E-state index is 12.5. The molecule has 1 aliphatic heterocycles. The average Bonchev–Trinajstić information content (AvgIpc) is 2.63. The molecule has 0 spiro atoms. The molecular formula is C21H26N2O2. The van der Waals surface area contributed by atoms with Gasteiger partial charge in [0.2, 0.25) is 0 Å². The Bertz CT molecular complexity index is 706. The molecule has 0 radical (unpaired) electrons. The SMILES string of the molecule is CC(CN1CCCCC1)c1ccccc1NC(=O)c1ccc(O)cc1. The van der Waals surface area contributed by atoms with Gasteiger partial charge in [0.1, 0.15) is 5.75 Å². The highest BCUT2D eigenvalue weighted by Crippen LogP contribution is 2.26. The van der Waals surface area contributed by atoms with Crippen LogP contribution in [0.5, 0.6) is 5.75 Å². The molecule has 1 amide bonds. The van der Waals surface area contributed by atoms with Gasteiger partial charge in [-0.15, -0.1) is 0 Å². The summed E-state index contributed by atoms with van der Waals surface area (Å²) in [5.41, 5.74) is 2.57. The average molecular weight is 338 g/mol. The quantitative estimate of drug-likeness (QED) is 0.857. The van der Waals surface area contributed by atoms with Crippen LogP contribution in [0.1, 0.15) is 48.0 Å². The van der Waals surface area contributed by atoms with Crippen LogP contribution in [0.15, 0.2) is 48.5 Å². The van der Waals surface area contributed by atoms with Gasteiger partial charge in [0.05, 0.1) is 0 Å². The van der Waals surface area contributed by atoms with Crippen molar-refractivity contribution in [2.75, 3.05) is 25.0 Å². The van der Waals surface area contributed by atoms with E-state index in [9.17, 15) is 9.90 Å². The van der Waals surface area contributed by atoms with Crippen molar-refractivity contribution in [2.45, 2.75) is 32.1 Å². The zero-order valence-corrected chi connectivity index (χ0v) is 14.7. The maximum atomic E-state index is 12.5. The van der Waals surface area contributed by atoms with E-state index in [1.807, 2.05) is 18.2 Å². The highest BCUT2D eigenvalue weighted by molar-refractivity contribution is 6.04. The molecule has 1 aliphatic rings. The first kappa shape index (κ1) is 17.5. The van der Waals surface area contributed by atoms with Gasteiger partial charge in [-0.25, -0.2) is 0 Å². The van der Waals surface area contributed by atoms with E-state index in [0.717, 1.165) is 12.2 Å². The van der Waals surface area contributed by atoms with E-state index < -0.39 is 0 Å². The Hall–Kier alpha value is -2.33. The van der Waals surface area contributed by atoms with Crippen LogP contribution in [0, 0.1) is 0 Å². The molecular weight excluding hydrogens is 312 g/mol. The lowest BCUT2D eigenvalue weighted by Crippen LogP contribution is -2.33. The standard InChI is InChI=1S/C21H26N2O2/c1-16(15-23-13-5-2-6-14-23)19-7-3-4-8-20(19)22-21(25)17-9-11-18(24)12-10-17/h3-4,7-12,16,24H,2,5-6,13-15H2,1H3,(H,22,25). The first-order valence-electron chi connectivity index (χ1n) is 9.05. The maximum Gasteiger partial charge on any atom is 0.255 e. The van der Waals surface area contributed by atoms with Crippen LogP contribution in [0.3, 0.4) is 0 Å². The zero-order chi connectivity index (χ0) is 17.6. The van der Waals surface area contributed by atoms with Crippen molar-refractivity contribution in [3.63, 3.8) is 0 Å². The molecule has 2 aromatic rings. The molecule has 0 aliphatic carbocycles. The largest absolute Gasteiger partial charge is 0.508 e. The predicted molar refractivity (Wildman–Crippen MR) is 101 cm³/mol. The van der Waals surface area contributed by atoms with Crippen molar-refractivity contribution in [1.29, 1.82) is 0 Å². The summed E-state index contributed by atoms with van der Waals surface area (Å²) in [4.78, 5) is 15.0. The van der Waals surface area contributed by atoms with Gasteiger partial charge in [0.25, 0.3) is 5.91 Å². The molecule has 1 fully saturated rings. The molecule has 2 N–H and O–H groups in total. The Kier molecular flexibility index (Phi) is 5.71. The fourth-order valence-corrected chi connectivity index (χ4v) is 3.48. The number of nitrogens with one attached hydrogen (secondary N) is 1. The lowest BCUT2D eigenvalue weighted by atomic mass is 9.97. The second-order valence-corrected chi connectivity index (χ2v) is 6.85. The molecule has 3 rings (SSSR count). The van der Waals surface area contributed by atoms with Gasteiger partial charge in [-0.3, -0.25) is 4.79 Å². The van der Waals surface area contributed by atoms with Crippen molar-refractivity contribution in [3.8, 4) is 5.75 Å². The number of hydrogen-bond acceptors (Lipinski definition) is 3. The van der Waals surface area contributed by atoms with Gasteiger partial charge in [-0.05, 0) is 67.7 Å². The van der Waals surface area contributed by atoms with Crippen molar-refractivity contribution >= 4 is 11.6 Å². The fraction of sp³-hybridized carbons (Fsp3) is 0.381. The predicted octanol–water partition coefficient (Wildman–Crippen LogP) is 4.23. The molecule has 1 unspecified atom stereocenters. The van der Waals surface area contributed by atoms with Crippen molar-refractivity contribution in [2.24, 2.45) is 0 Å². The fourth-order valence-electron chi connectivity index (χ4n) is 3.48. The van der Waals surface area contributed by atoms with Gasteiger partial charge >= 0.3 is 0 Å². The second-order valence-electron chi connectivity index (χ2n) is 6.85. The van der Waals surface area contributed by atoms with Crippen molar-refractivity contribution < 1.29 is 9.90 Å². The zero-order valence-electron chi connectivity index (χ0n) is 14.7. The minimum atomic E-state index is -0.155. The summed E-state index contributed by atoms with van der Waals surface area (Å²) in [7, 11) is 0. The smallest absolute Gasteiger partial charge is 0.255 e. The minimum absolute atomic E-state index is 0.155. The van der Waals surface area contributed by atoms with E-state index in [1.165, 1.54) is 50.0 Å². The van der Waals surface area contributed by atoms with Crippen LogP contribution in [-0.2, 0) is 0 Å². The van der Waals surface area contributed by atoms with Crippen molar-refractivity contribution in [3.05, 3.63) is 59.7 Å². The summed E-state index contributed by atoms with van der Waals surface area (Å²) in [5.74, 6) is 0.360. The lowest BCUT2D eigenvalue weighted by molar-refractivity contribution is 0.102. The summed E-state index contributed by atoms with van der Waals surface area (Å²) in [6.07, 6.45) is 3.90. The number of hydrogen-bond donors (Lipinski definition) is 2. The summed E-state index contributed by atoms with van der Waals surface area (Å²) in [6.45, 7) is 5.59. The third-order valence-corrected chi connectivity index (χ3v) is 4.85. The lowest BCUT2D eigenvalue weighted by Gasteiger charge is -2.29. The Labute approximate surface area is 149 Å². The van der Waals surface area contributed by atoms with Crippen LogP contribution >= 0.6 is 0 Å². The van der Waals surface area contributed by atoms with E-state index >= 15 is 0 Å². The normalized spacial score (nSPS) is 16.4. The van der Waals surface area contributed by atoms with E-state index in [-0.39, 0.29) is 11.7 Å². The summed E-state index contributed by atoms with van der Waals surface area (Å²) in [6, 6.07) is 14.3. The molecule has 0 aromatic heterocycles. The Morgan fingerprint density at radius 3 is 2.48 bits per heavy atom. The summed E-state index contributed by atoms with van der Waals surface area (Å²) < 4.78 is 0. The van der Waals surface area contributed by atoms with E-state index in [4.69, 9.17) is 0 Å². The molecule has 4 heteroatoms. The third-order valence-electron chi connectivity index (χ3n) is 4.85. The number of piperidine rings is 1. The van der Waals surface area contributed by atoms with Crippen LogP contribution in [-0.4, -0.2) is 35.5 Å². The number of carbonyl (C=O) groups is 1. The Balaban J connectivity index is 1.71. The van der Waals surface area contributed by atoms with Crippen LogP contribution < -0.4 is 5.32 Å². The van der Waals surface area contributed by atoms with Gasteiger partial charge in [-0.1, -0.05) is 31.5 Å². The van der Waals surface area contributed by atoms with Gasteiger partial charge in [0.15, 0.2) is 0 Å².